The number of carbonyl (C=O) groups excluding carboxylic acids is 1. The number of rotatable bonds is 7. The van der Waals surface area contributed by atoms with E-state index in [-0.39, 0.29) is 17.9 Å². The van der Waals surface area contributed by atoms with Gasteiger partial charge in [0, 0.05) is 18.9 Å². The maximum Gasteiger partial charge on any atom is 0.330 e. The first-order chi connectivity index (χ1) is 17.5. The molecule has 4 atom stereocenters. The third-order valence-corrected chi connectivity index (χ3v) is 7.79. The smallest absolute Gasteiger partial charge is 0.330 e. The van der Waals surface area contributed by atoms with Crippen LogP contribution in [0.5, 0.6) is 5.88 Å². The zero-order valence-electron chi connectivity index (χ0n) is 19.2. The van der Waals surface area contributed by atoms with Crippen LogP contribution in [0.3, 0.4) is 0 Å². The number of thiazole rings is 1. The molecule has 2 aliphatic rings. The Labute approximate surface area is 210 Å². The largest absolute Gasteiger partial charge is 0.479 e. The molecule has 1 saturated carbocycles. The van der Waals surface area contributed by atoms with Gasteiger partial charge >= 0.3 is 5.97 Å². The van der Waals surface area contributed by atoms with Crippen molar-refractivity contribution in [3.8, 4) is 16.6 Å². The number of carbonyl (C=O) groups is 2. The van der Waals surface area contributed by atoms with Crippen LogP contribution in [-0.2, 0) is 9.59 Å². The molecule has 10 heteroatoms. The fourth-order valence-corrected chi connectivity index (χ4v) is 5.60. The van der Waals surface area contributed by atoms with Crippen LogP contribution in [0.1, 0.15) is 12.8 Å². The van der Waals surface area contributed by atoms with Crippen molar-refractivity contribution < 1.29 is 19.4 Å². The zero-order valence-corrected chi connectivity index (χ0v) is 20.0. The topological polar surface area (TPSA) is 126 Å². The average Bonchev–Trinajstić information content (AvgIpc) is 3.19. The van der Waals surface area contributed by atoms with Gasteiger partial charge in [0.1, 0.15) is 16.7 Å². The van der Waals surface area contributed by atoms with Crippen LogP contribution in [0, 0.1) is 5.92 Å². The molecule has 2 fully saturated rings. The number of hydrogen-bond acceptors (Lipinski definition) is 8. The Balaban J connectivity index is 1.25. The third kappa shape index (κ3) is 3.88. The molecule has 6 rings (SSSR count). The summed E-state index contributed by atoms with van der Waals surface area (Å²) in [5.74, 6) is -1.31. The number of para-hydroxylation sites is 3. The number of fused-ring (bicyclic) bond motifs is 2. The van der Waals surface area contributed by atoms with Crippen LogP contribution in [0.25, 0.3) is 32.0 Å². The second kappa shape index (κ2) is 8.65. The summed E-state index contributed by atoms with van der Waals surface area (Å²) in [4.78, 5) is 38.9. The Morgan fingerprint density at radius 2 is 1.83 bits per heavy atom. The molecule has 36 heavy (non-hydrogen) atoms. The van der Waals surface area contributed by atoms with Crippen LogP contribution in [0.2, 0.25) is 0 Å². The number of hydrogen-bond donors (Lipinski definition) is 3. The first-order valence-corrected chi connectivity index (χ1v) is 12.5. The molecule has 1 saturated heterocycles. The lowest BCUT2D eigenvalue weighted by Crippen LogP contribution is -2.51. The zero-order chi connectivity index (χ0) is 24.9. The molecule has 1 aliphatic carbocycles. The summed E-state index contributed by atoms with van der Waals surface area (Å²) in [6, 6.07) is 14.9. The molecule has 3 N–H and O–H groups in total. The number of benzene rings is 2. The summed E-state index contributed by atoms with van der Waals surface area (Å²) in [5, 5.41) is 16.2. The molecule has 0 radical (unpaired) electrons. The Bertz CT molecular complexity index is 1490. The highest BCUT2D eigenvalue weighted by molar-refractivity contribution is 7.21. The van der Waals surface area contributed by atoms with E-state index in [2.05, 4.69) is 17.2 Å². The minimum atomic E-state index is -1.26. The van der Waals surface area contributed by atoms with E-state index in [9.17, 15) is 14.7 Å². The van der Waals surface area contributed by atoms with Gasteiger partial charge in [0.2, 0.25) is 11.8 Å². The molecule has 2 aromatic carbocycles. The summed E-state index contributed by atoms with van der Waals surface area (Å²) in [7, 11) is 0. The number of aromatic nitrogens is 3. The summed E-state index contributed by atoms with van der Waals surface area (Å²) >= 11 is 1.52. The average molecular weight is 502 g/mol. The van der Waals surface area contributed by atoms with E-state index in [1.54, 1.807) is 6.08 Å². The SMILES string of the molecule is C=CC1CC1(NC(=O)[C@@H]1C[C@@H](Oc2nc3ccccc3nc2-c2nc3ccccc3s2)CN1)C(=O)O. The van der Waals surface area contributed by atoms with Crippen LogP contribution in [0.4, 0.5) is 0 Å². The summed E-state index contributed by atoms with van der Waals surface area (Å²) in [5.41, 5.74) is 1.61. The van der Waals surface area contributed by atoms with Gasteiger partial charge in [-0.1, -0.05) is 30.3 Å². The number of carboxylic acid groups (broad SMARTS) is 1. The summed E-state index contributed by atoms with van der Waals surface area (Å²) in [6.45, 7) is 4.08. The lowest BCUT2D eigenvalue weighted by atomic mass is 10.1. The predicted molar refractivity (Wildman–Crippen MR) is 136 cm³/mol. The van der Waals surface area contributed by atoms with Crippen molar-refractivity contribution >= 4 is 44.5 Å². The van der Waals surface area contributed by atoms with Gasteiger partial charge in [-0.3, -0.25) is 4.79 Å². The Morgan fingerprint density at radius 3 is 2.53 bits per heavy atom. The maximum atomic E-state index is 12.9. The highest BCUT2D eigenvalue weighted by Crippen LogP contribution is 2.44. The molecule has 2 aromatic heterocycles. The molecule has 3 heterocycles. The van der Waals surface area contributed by atoms with E-state index in [0.717, 1.165) is 15.7 Å². The predicted octanol–water partition coefficient (Wildman–Crippen LogP) is 3.16. The number of nitrogens with one attached hydrogen (secondary N) is 2. The molecule has 0 bridgehead atoms. The number of carboxylic acids is 1. The maximum absolute atomic E-state index is 12.9. The molecule has 2 unspecified atom stereocenters. The summed E-state index contributed by atoms with van der Waals surface area (Å²) < 4.78 is 7.34. The van der Waals surface area contributed by atoms with Crippen LogP contribution < -0.4 is 15.4 Å². The normalized spacial score (nSPS) is 25.1. The van der Waals surface area contributed by atoms with E-state index in [1.807, 2.05) is 48.5 Å². The Hall–Kier alpha value is -3.89. The van der Waals surface area contributed by atoms with Crippen molar-refractivity contribution in [3.63, 3.8) is 0 Å². The lowest BCUT2D eigenvalue weighted by molar-refractivity contribution is -0.143. The van der Waals surface area contributed by atoms with Crippen molar-refractivity contribution in [3.05, 3.63) is 61.2 Å². The van der Waals surface area contributed by atoms with Gasteiger partial charge in [-0.15, -0.1) is 17.9 Å². The minimum absolute atomic E-state index is 0.267. The van der Waals surface area contributed by atoms with E-state index < -0.39 is 17.6 Å². The molecular weight excluding hydrogens is 478 g/mol. The van der Waals surface area contributed by atoms with Crippen LogP contribution in [0.15, 0.2) is 61.2 Å². The second-order valence-electron chi connectivity index (χ2n) is 9.10. The first kappa shape index (κ1) is 22.6. The number of aliphatic carboxylic acids is 1. The van der Waals surface area contributed by atoms with Crippen molar-refractivity contribution in [1.29, 1.82) is 0 Å². The third-order valence-electron chi connectivity index (χ3n) is 6.75. The van der Waals surface area contributed by atoms with Crippen molar-refractivity contribution in [2.45, 2.75) is 30.5 Å². The van der Waals surface area contributed by atoms with Gasteiger partial charge in [-0.2, -0.15) is 0 Å². The van der Waals surface area contributed by atoms with Gasteiger partial charge < -0.3 is 20.5 Å². The van der Waals surface area contributed by atoms with Gasteiger partial charge in [-0.05, 0) is 30.7 Å². The number of amides is 1. The molecule has 1 aliphatic heterocycles. The fraction of sp³-hybridized carbons (Fsp3) is 0.269. The van der Waals surface area contributed by atoms with E-state index >= 15 is 0 Å². The van der Waals surface area contributed by atoms with Crippen molar-refractivity contribution in [1.82, 2.24) is 25.6 Å². The van der Waals surface area contributed by atoms with E-state index in [4.69, 9.17) is 19.7 Å². The van der Waals surface area contributed by atoms with E-state index in [1.165, 1.54) is 11.3 Å². The monoisotopic (exact) mass is 501 g/mol. The molecule has 4 aromatic rings. The van der Waals surface area contributed by atoms with Gasteiger partial charge in [0.25, 0.3) is 0 Å². The van der Waals surface area contributed by atoms with Gasteiger partial charge in [-0.25, -0.2) is 19.7 Å². The number of ether oxygens (including phenoxy) is 1. The number of nitrogens with zero attached hydrogens (tertiary/aromatic N) is 3. The fourth-order valence-electron chi connectivity index (χ4n) is 4.65. The second-order valence-corrected chi connectivity index (χ2v) is 10.1. The van der Waals surface area contributed by atoms with E-state index in [0.29, 0.717) is 41.5 Å². The molecular formula is C26H23N5O4S. The Morgan fingerprint density at radius 1 is 1.11 bits per heavy atom. The van der Waals surface area contributed by atoms with Gasteiger partial charge in [0.05, 0.1) is 27.3 Å². The highest BCUT2D eigenvalue weighted by atomic mass is 32.1. The molecule has 9 nitrogen and oxygen atoms in total. The molecule has 0 spiro atoms. The highest BCUT2D eigenvalue weighted by Gasteiger charge is 2.60. The van der Waals surface area contributed by atoms with Gasteiger partial charge in [0.15, 0.2) is 5.69 Å². The molecule has 1 amide bonds. The Kier molecular flexibility index (Phi) is 5.42. The van der Waals surface area contributed by atoms with Crippen LogP contribution in [-0.4, -0.2) is 56.2 Å². The first-order valence-electron chi connectivity index (χ1n) is 11.7. The van der Waals surface area contributed by atoms with Crippen molar-refractivity contribution in [2.24, 2.45) is 5.92 Å². The lowest BCUT2D eigenvalue weighted by Gasteiger charge is -2.18. The molecule has 182 valence electrons. The van der Waals surface area contributed by atoms with Crippen LogP contribution >= 0.6 is 11.3 Å². The quantitative estimate of drug-likeness (QED) is 0.330. The van der Waals surface area contributed by atoms with Crippen molar-refractivity contribution in [2.75, 3.05) is 6.54 Å². The summed E-state index contributed by atoms with van der Waals surface area (Å²) in [6.07, 6.45) is 1.94. The standard InChI is InChI=1S/C26H23N5O4S/c1-2-14-12-26(14,25(33)34)31-22(32)19-11-15(13-27-19)35-23-21(28-16-7-3-4-8-17(16)29-23)24-30-18-9-5-6-10-20(18)36-24/h2-10,14-15,19,27H,1,11-13H2,(H,31,32)(H,33,34)/t14?,15-,19+,26?/m1/s1. The minimum Gasteiger partial charge on any atom is -0.479 e.